The molecule has 1 aliphatic carbocycles. The molecule has 0 heterocycles. The van der Waals surface area contributed by atoms with Crippen molar-refractivity contribution in [3.05, 3.63) is 0 Å². The van der Waals surface area contributed by atoms with E-state index in [1.54, 1.807) is 0 Å². The Morgan fingerprint density at radius 1 is 1.19 bits per heavy atom. The van der Waals surface area contributed by atoms with E-state index >= 15 is 0 Å². The minimum absolute atomic E-state index is 0.285. The van der Waals surface area contributed by atoms with Gasteiger partial charge in [0.1, 0.15) is 0 Å². The first-order valence-corrected chi connectivity index (χ1v) is 6.79. The summed E-state index contributed by atoms with van der Waals surface area (Å²) >= 11 is 0. The smallest absolute Gasteiger partial charge is 0.223 e. The highest BCUT2D eigenvalue weighted by Gasteiger charge is 2.14. The maximum atomic E-state index is 11.7. The van der Waals surface area contributed by atoms with Crippen LogP contribution in [0.15, 0.2) is 0 Å². The van der Waals surface area contributed by atoms with Crippen LogP contribution in [0.1, 0.15) is 52.4 Å². The first-order valence-electron chi connectivity index (χ1n) is 6.79. The maximum Gasteiger partial charge on any atom is 0.223 e. The summed E-state index contributed by atoms with van der Waals surface area (Å²) in [7, 11) is 0. The number of carbonyl (C=O) groups excluding carboxylic acids is 1. The molecular weight excluding hydrogens is 200 g/mol. The predicted molar refractivity (Wildman–Crippen MR) is 67.4 cm³/mol. The average molecular weight is 226 g/mol. The van der Waals surface area contributed by atoms with Crippen LogP contribution in [-0.4, -0.2) is 36.5 Å². The lowest BCUT2D eigenvalue weighted by atomic mass is 9.95. The molecule has 1 rings (SSSR count). The normalized spacial score (nSPS) is 17.4. The highest BCUT2D eigenvalue weighted by atomic mass is 16.2. The lowest BCUT2D eigenvalue weighted by Crippen LogP contribution is -2.36. The van der Waals surface area contributed by atoms with Crippen molar-refractivity contribution in [2.75, 3.05) is 19.6 Å². The number of hydrogen-bond donors (Lipinski definition) is 1. The summed E-state index contributed by atoms with van der Waals surface area (Å²) in [5, 5.41) is 3.51. The Balaban J connectivity index is 2.11. The lowest BCUT2D eigenvalue weighted by Gasteiger charge is -2.24. The third kappa shape index (κ3) is 4.52. The molecule has 0 aromatic carbocycles. The van der Waals surface area contributed by atoms with Gasteiger partial charge in [-0.25, -0.2) is 0 Å². The van der Waals surface area contributed by atoms with Gasteiger partial charge in [-0.1, -0.05) is 19.3 Å². The molecule has 16 heavy (non-hydrogen) atoms. The zero-order chi connectivity index (χ0) is 11.8. The van der Waals surface area contributed by atoms with Gasteiger partial charge in [0.2, 0.25) is 5.91 Å². The van der Waals surface area contributed by atoms with Crippen LogP contribution in [0.2, 0.25) is 0 Å². The summed E-state index contributed by atoms with van der Waals surface area (Å²) in [6.07, 6.45) is 7.32. The van der Waals surface area contributed by atoms with E-state index in [1.165, 1.54) is 32.1 Å². The van der Waals surface area contributed by atoms with Crippen LogP contribution in [0.5, 0.6) is 0 Å². The van der Waals surface area contributed by atoms with Crippen LogP contribution in [0.25, 0.3) is 0 Å². The molecule has 1 N–H and O–H groups in total. The quantitative estimate of drug-likeness (QED) is 0.753. The molecule has 3 nitrogen and oxygen atoms in total. The summed E-state index contributed by atoms with van der Waals surface area (Å²) in [6, 6.07) is 0.665. The van der Waals surface area contributed by atoms with Crippen LogP contribution >= 0.6 is 0 Å². The fraction of sp³-hybridized carbons (Fsp3) is 0.923. The van der Waals surface area contributed by atoms with Gasteiger partial charge in [0, 0.05) is 32.1 Å². The molecule has 3 heteroatoms. The molecule has 0 aromatic rings. The number of rotatable bonds is 6. The number of amides is 1. The Hall–Kier alpha value is -0.570. The van der Waals surface area contributed by atoms with Gasteiger partial charge in [0.15, 0.2) is 0 Å². The second kappa shape index (κ2) is 7.66. The van der Waals surface area contributed by atoms with Crippen LogP contribution in [-0.2, 0) is 4.79 Å². The third-order valence-electron chi connectivity index (χ3n) is 3.49. The van der Waals surface area contributed by atoms with Crippen molar-refractivity contribution in [3.8, 4) is 0 Å². The number of nitrogens with zero attached hydrogens (tertiary/aromatic N) is 1. The van der Waals surface area contributed by atoms with Gasteiger partial charge >= 0.3 is 0 Å². The number of nitrogens with one attached hydrogen (secondary N) is 1. The molecular formula is C13H26N2O. The summed E-state index contributed by atoms with van der Waals surface area (Å²) in [4.78, 5) is 13.6. The van der Waals surface area contributed by atoms with E-state index in [-0.39, 0.29) is 5.91 Å². The average Bonchev–Trinajstić information content (AvgIpc) is 2.32. The fourth-order valence-corrected chi connectivity index (χ4v) is 2.42. The van der Waals surface area contributed by atoms with Crippen LogP contribution < -0.4 is 5.32 Å². The molecule has 0 aliphatic heterocycles. The highest BCUT2D eigenvalue weighted by Crippen LogP contribution is 2.17. The lowest BCUT2D eigenvalue weighted by molar-refractivity contribution is -0.130. The Morgan fingerprint density at radius 3 is 2.38 bits per heavy atom. The van der Waals surface area contributed by atoms with Crippen LogP contribution in [0.3, 0.4) is 0 Å². The van der Waals surface area contributed by atoms with Crippen molar-refractivity contribution in [2.45, 2.75) is 58.4 Å². The monoisotopic (exact) mass is 226 g/mol. The SMILES string of the molecule is CCN(CC)C(=O)CCNC1CCCCC1. The molecule has 0 spiro atoms. The Kier molecular flexibility index (Phi) is 6.46. The summed E-state index contributed by atoms with van der Waals surface area (Å²) in [5.41, 5.74) is 0. The Morgan fingerprint density at radius 2 is 1.81 bits per heavy atom. The van der Waals surface area contributed by atoms with Crippen molar-refractivity contribution in [3.63, 3.8) is 0 Å². The maximum absolute atomic E-state index is 11.7. The van der Waals surface area contributed by atoms with Gasteiger partial charge in [0.25, 0.3) is 0 Å². The molecule has 0 bridgehead atoms. The topological polar surface area (TPSA) is 32.3 Å². The standard InChI is InChI=1S/C13H26N2O/c1-3-15(4-2)13(16)10-11-14-12-8-6-5-7-9-12/h12,14H,3-11H2,1-2H3. The Labute approximate surface area is 99.6 Å². The minimum atomic E-state index is 0.285. The van der Waals surface area contributed by atoms with Gasteiger partial charge in [0.05, 0.1) is 0 Å². The van der Waals surface area contributed by atoms with E-state index in [0.29, 0.717) is 12.5 Å². The fourth-order valence-electron chi connectivity index (χ4n) is 2.42. The van der Waals surface area contributed by atoms with Gasteiger partial charge in [-0.15, -0.1) is 0 Å². The van der Waals surface area contributed by atoms with E-state index in [0.717, 1.165) is 19.6 Å². The van der Waals surface area contributed by atoms with Gasteiger partial charge in [-0.05, 0) is 26.7 Å². The predicted octanol–water partition coefficient (Wildman–Crippen LogP) is 2.17. The summed E-state index contributed by atoms with van der Waals surface area (Å²) < 4.78 is 0. The van der Waals surface area contributed by atoms with E-state index in [2.05, 4.69) is 5.32 Å². The molecule has 94 valence electrons. The first kappa shape index (κ1) is 13.5. The highest BCUT2D eigenvalue weighted by molar-refractivity contribution is 5.76. The van der Waals surface area contributed by atoms with Crippen molar-refractivity contribution in [2.24, 2.45) is 0 Å². The molecule has 0 unspecified atom stereocenters. The molecule has 1 aliphatic rings. The number of carbonyl (C=O) groups is 1. The van der Waals surface area contributed by atoms with Crippen molar-refractivity contribution < 1.29 is 4.79 Å². The molecule has 0 radical (unpaired) electrons. The zero-order valence-electron chi connectivity index (χ0n) is 10.8. The summed E-state index contributed by atoms with van der Waals surface area (Å²) in [6.45, 7) is 6.59. The molecule has 0 aromatic heterocycles. The second-order valence-electron chi connectivity index (χ2n) is 4.61. The minimum Gasteiger partial charge on any atom is -0.343 e. The van der Waals surface area contributed by atoms with Crippen LogP contribution in [0.4, 0.5) is 0 Å². The zero-order valence-corrected chi connectivity index (χ0v) is 10.8. The molecule has 0 atom stereocenters. The van der Waals surface area contributed by atoms with E-state index in [4.69, 9.17) is 0 Å². The van der Waals surface area contributed by atoms with Crippen LogP contribution in [0, 0.1) is 0 Å². The third-order valence-corrected chi connectivity index (χ3v) is 3.49. The molecule has 1 saturated carbocycles. The molecule has 1 amide bonds. The Bertz CT molecular complexity index is 196. The van der Waals surface area contributed by atoms with E-state index in [1.807, 2.05) is 18.7 Å². The first-order chi connectivity index (χ1) is 7.77. The molecule has 1 fully saturated rings. The van der Waals surface area contributed by atoms with E-state index in [9.17, 15) is 4.79 Å². The van der Waals surface area contributed by atoms with E-state index < -0.39 is 0 Å². The summed E-state index contributed by atoms with van der Waals surface area (Å²) in [5.74, 6) is 0.285. The van der Waals surface area contributed by atoms with Crippen molar-refractivity contribution in [1.29, 1.82) is 0 Å². The van der Waals surface area contributed by atoms with Gasteiger partial charge in [-0.3, -0.25) is 4.79 Å². The second-order valence-corrected chi connectivity index (χ2v) is 4.61. The molecule has 0 saturated heterocycles. The largest absolute Gasteiger partial charge is 0.343 e. The number of hydrogen-bond acceptors (Lipinski definition) is 2. The van der Waals surface area contributed by atoms with Gasteiger partial charge in [-0.2, -0.15) is 0 Å². The van der Waals surface area contributed by atoms with Crippen molar-refractivity contribution >= 4 is 5.91 Å². The van der Waals surface area contributed by atoms with Crippen molar-refractivity contribution in [1.82, 2.24) is 10.2 Å². The van der Waals surface area contributed by atoms with Gasteiger partial charge < -0.3 is 10.2 Å².